The topological polar surface area (TPSA) is 68.5 Å². The molecule has 0 amide bonds. The quantitative estimate of drug-likeness (QED) is 0.200. The second-order valence-electron chi connectivity index (χ2n) is 7.90. The predicted octanol–water partition coefficient (Wildman–Crippen LogP) is 6.17. The van der Waals surface area contributed by atoms with Gasteiger partial charge >= 0.3 is 15.6 Å². The van der Waals surface area contributed by atoms with Crippen LogP contribution < -0.4 is 9.50 Å². The van der Waals surface area contributed by atoms with Gasteiger partial charge in [0.25, 0.3) is 0 Å². The second kappa shape index (κ2) is 8.16. The summed E-state index contributed by atoms with van der Waals surface area (Å²) in [7, 11) is -4.12. The Labute approximate surface area is 197 Å². The van der Waals surface area contributed by atoms with Crippen LogP contribution in [0.1, 0.15) is 22.6 Å². The average molecular weight is 503 g/mol. The highest BCUT2D eigenvalue weighted by Crippen LogP contribution is 2.48. The number of halogens is 4. The zero-order valence-electron chi connectivity index (χ0n) is 18.1. The Hall–Kier alpha value is -3.79. The van der Waals surface area contributed by atoms with Crippen molar-refractivity contribution in [3.8, 4) is 17.1 Å². The molecule has 1 atom stereocenters. The third kappa shape index (κ3) is 3.93. The van der Waals surface area contributed by atoms with Crippen LogP contribution in [-0.4, -0.2) is 21.0 Å². The van der Waals surface area contributed by atoms with Crippen LogP contribution in [0.3, 0.4) is 0 Å². The second-order valence-corrected chi connectivity index (χ2v) is 9.44. The summed E-state index contributed by atoms with van der Waals surface area (Å²) in [4.78, 5) is 0. The van der Waals surface area contributed by atoms with E-state index in [9.17, 15) is 26.0 Å². The smallest absolute Gasteiger partial charge is 0.456 e. The molecule has 1 heterocycles. The van der Waals surface area contributed by atoms with Crippen molar-refractivity contribution in [3.05, 3.63) is 94.9 Å². The van der Waals surface area contributed by atoms with Crippen LogP contribution >= 0.6 is 0 Å². The van der Waals surface area contributed by atoms with E-state index in [2.05, 4.69) is 9.50 Å². The summed E-state index contributed by atoms with van der Waals surface area (Å²) < 4.78 is 86.0. The fourth-order valence-corrected chi connectivity index (χ4v) is 4.73. The maximum absolute atomic E-state index is 13.6. The number of alkyl halides is 3. The number of benzene rings is 3. The van der Waals surface area contributed by atoms with Gasteiger partial charge in [0.2, 0.25) is 0 Å². The first kappa shape index (κ1) is 23.0. The average Bonchev–Trinajstić information content (AvgIpc) is 3.36. The van der Waals surface area contributed by atoms with Gasteiger partial charge < -0.3 is 13.9 Å². The minimum Gasteiger partial charge on any atom is -0.456 e. The summed E-state index contributed by atoms with van der Waals surface area (Å²) in [5.41, 5.74) is -1.50. The molecule has 1 aliphatic rings. The number of likely N-dealkylation sites (N-methyl/N-ethyl adjacent to an activating group) is 1. The van der Waals surface area contributed by atoms with Gasteiger partial charge in [-0.1, -0.05) is 24.3 Å². The molecule has 180 valence electrons. The molecule has 35 heavy (non-hydrogen) atoms. The highest BCUT2D eigenvalue weighted by molar-refractivity contribution is 7.88. The molecule has 1 N–H and O–H groups in total. The van der Waals surface area contributed by atoms with E-state index in [0.29, 0.717) is 27.9 Å². The molecule has 0 radical (unpaired) electrons. The molecular formula is C25H17F4NO4S. The van der Waals surface area contributed by atoms with Gasteiger partial charge in [-0.3, -0.25) is 0 Å². The lowest BCUT2D eigenvalue weighted by molar-refractivity contribution is -0.0500. The summed E-state index contributed by atoms with van der Waals surface area (Å²) in [5, 5.41) is 3.52. The maximum Gasteiger partial charge on any atom is 0.534 e. The van der Waals surface area contributed by atoms with Crippen LogP contribution in [0.5, 0.6) is 5.75 Å². The van der Waals surface area contributed by atoms with Gasteiger partial charge in [0, 0.05) is 29.3 Å². The lowest BCUT2D eigenvalue weighted by atomic mass is 9.87. The molecule has 5 nitrogen and oxygen atoms in total. The predicted molar refractivity (Wildman–Crippen MR) is 123 cm³/mol. The summed E-state index contributed by atoms with van der Waals surface area (Å²) in [5.74, 6) is -0.990. The van der Waals surface area contributed by atoms with E-state index in [0.717, 1.165) is 22.9 Å². The van der Waals surface area contributed by atoms with Gasteiger partial charge in [-0.15, -0.1) is 0 Å². The molecule has 4 aromatic rings. The van der Waals surface area contributed by atoms with Crippen molar-refractivity contribution in [2.45, 2.75) is 11.4 Å². The number of fused-ring (bicyclic) bond motifs is 2. The molecule has 1 aliphatic carbocycles. The van der Waals surface area contributed by atoms with Gasteiger partial charge in [-0.2, -0.15) is 21.6 Å². The van der Waals surface area contributed by atoms with E-state index >= 15 is 0 Å². The summed E-state index contributed by atoms with van der Waals surface area (Å²) in [6, 6.07) is 16.8. The van der Waals surface area contributed by atoms with Crippen LogP contribution in [0.2, 0.25) is 0 Å². The molecule has 0 saturated carbocycles. The fourth-order valence-electron chi connectivity index (χ4n) is 4.28. The number of rotatable bonds is 5. The number of nitrogens with one attached hydrogen (secondary N) is 1. The van der Waals surface area contributed by atoms with E-state index in [4.69, 9.17) is 4.42 Å². The van der Waals surface area contributed by atoms with Crippen molar-refractivity contribution in [2.24, 2.45) is 0 Å². The van der Waals surface area contributed by atoms with E-state index in [1.165, 1.54) is 36.4 Å². The Morgan fingerprint density at radius 2 is 1.71 bits per heavy atom. The van der Waals surface area contributed by atoms with Crippen molar-refractivity contribution in [3.63, 3.8) is 0 Å². The summed E-state index contributed by atoms with van der Waals surface area (Å²) in [6.45, 7) is 0. The zero-order valence-corrected chi connectivity index (χ0v) is 18.9. The molecule has 0 saturated heterocycles. The SMILES string of the molecule is CNC1=Cc2ccccc2C1c1c(-c2ccc(F)cc2)oc2ccc(OS(=O)(=O)C(F)(F)F)cc12. The standard InChI is InChI=1S/C25H17F4NO4S/c1-30-20-12-15-4-2-3-5-18(15)22(20)23-19-13-17(34-35(31,32)25(27,28)29)10-11-21(19)33-24(23)14-6-8-16(26)9-7-14/h2-13,22,30H,1H3. The van der Waals surface area contributed by atoms with Crippen molar-refractivity contribution < 1.29 is 34.6 Å². The first-order valence-corrected chi connectivity index (χ1v) is 11.8. The lowest BCUT2D eigenvalue weighted by Crippen LogP contribution is -2.28. The van der Waals surface area contributed by atoms with Gasteiger partial charge in [0.15, 0.2) is 0 Å². The molecule has 5 rings (SSSR count). The van der Waals surface area contributed by atoms with Crippen LogP contribution in [0, 0.1) is 5.82 Å². The van der Waals surface area contributed by atoms with Crippen molar-refractivity contribution >= 4 is 27.2 Å². The summed E-state index contributed by atoms with van der Waals surface area (Å²) in [6.07, 6.45) is 1.95. The van der Waals surface area contributed by atoms with E-state index in [1.807, 2.05) is 30.3 Å². The molecule has 0 bridgehead atoms. The Kier molecular flexibility index (Phi) is 5.36. The fraction of sp³-hybridized carbons (Fsp3) is 0.120. The van der Waals surface area contributed by atoms with Gasteiger partial charge in [0.1, 0.15) is 22.9 Å². The lowest BCUT2D eigenvalue weighted by Gasteiger charge is -2.18. The van der Waals surface area contributed by atoms with Crippen LogP contribution in [-0.2, 0) is 10.1 Å². The zero-order chi connectivity index (χ0) is 25.0. The first-order valence-electron chi connectivity index (χ1n) is 10.4. The summed E-state index contributed by atoms with van der Waals surface area (Å²) >= 11 is 0. The van der Waals surface area contributed by atoms with Crippen molar-refractivity contribution in [1.29, 1.82) is 0 Å². The molecule has 10 heteroatoms. The number of hydrogen-bond donors (Lipinski definition) is 1. The van der Waals surface area contributed by atoms with Crippen LogP contribution in [0.25, 0.3) is 28.4 Å². The first-order chi connectivity index (χ1) is 16.6. The number of furan rings is 1. The van der Waals surface area contributed by atoms with E-state index in [-0.39, 0.29) is 0 Å². The minimum atomic E-state index is -5.86. The van der Waals surface area contributed by atoms with Gasteiger partial charge in [-0.05, 0) is 59.7 Å². The highest BCUT2D eigenvalue weighted by Gasteiger charge is 2.48. The molecular weight excluding hydrogens is 486 g/mol. The molecule has 0 fully saturated rings. The largest absolute Gasteiger partial charge is 0.534 e. The maximum atomic E-state index is 13.6. The van der Waals surface area contributed by atoms with Crippen molar-refractivity contribution in [2.75, 3.05) is 7.05 Å². The van der Waals surface area contributed by atoms with Gasteiger partial charge in [-0.25, -0.2) is 4.39 Å². The normalized spacial score (nSPS) is 15.7. The number of allylic oxidation sites excluding steroid dienone is 1. The minimum absolute atomic E-state index is 0.302. The highest BCUT2D eigenvalue weighted by atomic mass is 32.2. The van der Waals surface area contributed by atoms with Crippen LogP contribution in [0.15, 0.2) is 76.8 Å². The van der Waals surface area contributed by atoms with Crippen LogP contribution in [0.4, 0.5) is 17.6 Å². The monoisotopic (exact) mass is 503 g/mol. The van der Waals surface area contributed by atoms with Crippen molar-refractivity contribution in [1.82, 2.24) is 5.32 Å². The molecule has 0 spiro atoms. The molecule has 0 aliphatic heterocycles. The molecule has 3 aromatic carbocycles. The van der Waals surface area contributed by atoms with E-state index < -0.39 is 33.1 Å². The van der Waals surface area contributed by atoms with Gasteiger partial charge in [0.05, 0.1) is 5.92 Å². The molecule has 1 aromatic heterocycles. The number of hydrogen-bond acceptors (Lipinski definition) is 5. The van der Waals surface area contributed by atoms with E-state index in [1.54, 1.807) is 7.05 Å². The third-order valence-corrected chi connectivity index (χ3v) is 6.78. The Bertz CT molecular complexity index is 1570. The Morgan fingerprint density at radius 3 is 2.40 bits per heavy atom. The third-order valence-electron chi connectivity index (χ3n) is 5.80. The molecule has 1 unspecified atom stereocenters. The Morgan fingerprint density at radius 1 is 1.00 bits per heavy atom. The Balaban J connectivity index is 1.76.